The first-order valence-corrected chi connectivity index (χ1v) is 16.3. The second-order valence-corrected chi connectivity index (χ2v) is 11.8. The number of carbonyl (C=O) groups excluding carboxylic acids is 5. The molecule has 0 unspecified atom stereocenters. The van der Waals surface area contributed by atoms with E-state index in [1.54, 1.807) is 47.1 Å². The lowest BCUT2D eigenvalue weighted by Gasteiger charge is -2.35. The monoisotopic (exact) mass is 667 g/mol. The topological polar surface area (TPSA) is 184 Å². The van der Waals surface area contributed by atoms with Crippen LogP contribution in [0.25, 0.3) is 5.69 Å². The molecular weight excluding hydrogens is 626 g/mol. The number of hydrogen-bond acceptors (Lipinski definition) is 9. The highest BCUT2D eigenvalue weighted by Crippen LogP contribution is 2.24. The van der Waals surface area contributed by atoms with Crippen molar-refractivity contribution in [2.75, 3.05) is 59.0 Å². The first-order valence-electron chi connectivity index (χ1n) is 16.3. The average Bonchev–Trinajstić information content (AvgIpc) is 3.73. The lowest BCUT2D eigenvalue weighted by atomic mass is 10.1. The fraction of sp³-hybridized carbons (Fsp3) is 0.531. The van der Waals surface area contributed by atoms with Crippen LogP contribution >= 0.6 is 0 Å². The molecule has 258 valence electrons. The Bertz CT molecular complexity index is 1500. The Morgan fingerprint density at radius 3 is 2.29 bits per heavy atom. The lowest BCUT2D eigenvalue weighted by molar-refractivity contribution is -0.147. The van der Waals surface area contributed by atoms with Crippen LogP contribution in [0.1, 0.15) is 49.5 Å². The van der Waals surface area contributed by atoms with Crippen molar-refractivity contribution in [2.45, 2.75) is 51.1 Å². The molecule has 0 aliphatic carbocycles. The summed E-state index contributed by atoms with van der Waals surface area (Å²) in [5.74, 6) is -2.67. The molecule has 5 amide bonds. The van der Waals surface area contributed by atoms with Crippen LogP contribution in [0.15, 0.2) is 36.4 Å². The van der Waals surface area contributed by atoms with Crippen molar-refractivity contribution in [2.24, 2.45) is 0 Å². The minimum absolute atomic E-state index is 0.0479. The highest BCUT2D eigenvalue weighted by Gasteiger charge is 2.38. The van der Waals surface area contributed by atoms with Gasteiger partial charge in [0.25, 0.3) is 11.8 Å². The predicted molar refractivity (Wildman–Crippen MR) is 168 cm³/mol. The van der Waals surface area contributed by atoms with Crippen LogP contribution in [-0.4, -0.2) is 141 Å². The first-order chi connectivity index (χ1) is 23.2. The Morgan fingerprint density at radius 1 is 0.938 bits per heavy atom. The third-order valence-electron chi connectivity index (χ3n) is 8.65. The molecule has 3 saturated heterocycles. The molecular formula is C32H41N7O9. The number of nitrogens with zero attached hydrogens (tertiary/aromatic N) is 6. The van der Waals surface area contributed by atoms with Crippen molar-refractivity contribution >= 4 is 35.7 Å². The summed E-state index contributed by atoms with van der Waals surface area (Å²) in [6.07, 6.45) is 1.25. The van der Waals surface area contributed by atoms with Gasteiger partial charge in [0.05, 0.1) is 12.3 Å². The Balaban J connectivity index is 1.28. The van der Waals surface area contributed by atoms with Gasteiger partial charge in [0.2, 0.25) is 17.7 Å². The van der Waals surface area contributed by atoms with Gasteiger partial charge in [-0.15, -0.1) is 0 Å². The van der Waals surface area contributed by atoms with E-state index < -0.39 is 36.0 Å². The fourth-order valence-electron chi connectivity index (χ4n) is 5.92. The number of para-hydroxylation sites is 1. The van der Waals surface area contributed by atoms with E-state index in [1.807, 2.05) is 0 Å². The average molecular weight is 668 g/mol. The Hall–Kier alpha value is -5.15. The number of benzene rings is 1. The highest BCUT2D eigenvalue weighted by atomic mass is 16.6. The van der Waals surface area contributed by atoms with E-state index in [2.05, 4.69) is 10.4 Å². The van der Waals surface area contributed by atoms with Crippen LogP contribution < -0.4 is 10.1 Å². The van der Waals surface area contributed by atoms with E-state index in [0.717, 1.165) is 6.42 Å². The molecule has 16 nitrogen and oxygen atoms in total. The summed E-state index contributed by atoms with van der Waals surface area (Å²) < 4.78 is 12.3. The minimum Gasteiger partial charge on any atom is -0.481 e. The van der Waals surface area contributed by atoms with Crippen LogP contribution in [0.5, 0.6) is 5.88 Å². The molecule has 3 aliphatic heterocycles. The number of aromatic nitrogens is 2. The van der Waals surface area contributed by atoms with Crippen molar-refractivity contribution < 1.29 is 43.3 Å². The molecule has 5 rings (SSSR count). The number of piperazine rings is 1. The summed E-state index contributed by atoms with van der Waals surface area (Å²) in [5.41, 5.74) is 0.428. The Morgan fingerprint density at radius 2 is 1.65 bits per heavy atom. The zero-order chi connectivity index (χ0) is 34.2. The normalized spacial score (nSPS) is 18.1. The second kappa shape index (κ2) is 15.6. The summed E-state index contributed by atoms with van der Waals surface area (Å²) >= 11 is 0. The van der Waals surface area contributed by atoms with E-state index in [-0.39, 0.29) is 75.6 Å². The van der Waals surface area contributed by atoms with E-state index in [4.69, 9.17) is 9.47 Å². The molecule has 0 saturated carbocycles. The van der Waals surface area contributed by atoms with Crippen LogP contribution in [-0.2, 0) is 23.9 Å². The molecule has 1 aromatic heterocycles. The molecule has 3 aliphatic rings. The van der Waals surface area contributed by atoms with E-state index in [1.165, 1.54) is 20.5 Å². The van der Waals surface area contributed by atoms with Gasteiger partial charge in [0, 0.05) is 58.3 Å². The van der Waals surface area contributed by atoms with Gasteiger partial charge in [-0.1, -0.05) is 18.2 Å². The maximum Gasteiger partial charge on any atom is 0.409 e. The molecule has 3 fully saturated rings. The molecule has 0 radical (unpaired) electrons. The van der Waals surface area contributed by atoms with E-state index >= 15 is 0 Å². The quantitative estimate of drug-likeness (QED) is 0.327. The number of ether oxygens (including phenoxy) is 2. The van der Waals surface area contributed by atoms with Gasteiger partial charge < -0.3 is 39.5 Å². The summed E-state index contributed by atoms with van der Waals surface area (Å²) in [6.45, 7) is 4.22. The number of hydrogen-bond donors (Lipinski definition) is 2. The number of amides is 5. The summed E-state index contributed by atoms with van der Waals surface area (Å²) in [6, 6.07) is 8.47. The van der Waals surface area contributed by atoms with Crippen LogP contribution in [0.2, 0.25) is 0 Å². The SMILES string of the molecule is CCOC(=O)N1CCN(C(=O)[C@H](CCC(=O)O)NC(=O)c2cc(OCC(=O)N3CCC[C@H]3C(=O)N3CCC3)n(-c3ccccc3)n2)CC1. The van der Waals surface area contributed by atoms with Crippen molar-refractivity contribution in [3.63, 3.8) is 0 Å². The van der Waals surface area contributed by atoms with E-state index in [0.29, 0.717) is 38.2 Å². The number of carboxylic acids is 1. The summed E-state index contributed by atoms with van der Waals surface area (Å²) in [4.78, 5) is 82.8. The standard InChI is InChI=1S/C32H41N7O9/c1-2-47-32(46)37-18-16-36(17-19-37)30(44)23(11-12-28(41)42)33-29(43)24-20-27(39(34-24)22-8-4-3-5-9-22)48-21-26(40)38-15-6-10-25(38)31(45)35-13-7-14-35/h3-5,8-9,20,23,25H,2,6-7,10-19,21H2,1H3,(H,33,43)(H,41,42)/t23-,25-/m0/s1. The number of nitrogens with one attached hydrogen (secondary N) is 1. The van der Waals surface area contributed by atoms with Crippen molar-refractivity contribution in [3.05, 3.63) is 42.1 Å². The van der Waals surface area contributed by atoms with Gasteiger partial charge in [-0.2, -0.15) is 5.10 Å². The Kier molecular flexibility index (Phi) is 11.1. The first kappa shape index (κ1) is 34.2. The fourth-order valence-corrected chi connectivity index (χ4v) is 5.92. The van der Waals surface area contributed by atoms with Gasteiger partial charge in [0.15, 0.2) is 12.3 Å². The van der Waals surface area contributed by atoms with Gasteiger partial charge in [-0.05, 0) is 44.7 Å². The predicted octanol–water partition coefficient (Wildman–Crippen LogP) is 0.738. The molecule has 1 aromatic carbocycles. The third-order valence-corrected chi connectivity index (χ3v) is 8.65. The van der Waals surface area contributed by atoms with Crippen molar-refractivity contribution in [1.29, 1.82) is 0 Å². The number of aliphatic carboxylic acids is 1. The zero-order valence-electron chi connectivity index (χ0n) is 26.9. The van der Waals surface area contributed by atoms with Crippen molar-refractivity contribution in [1.82, 2.24) is 34.7 Å². The number of likely N-dealkylation sites (tertiary alicyclic amines) is 2. The number of carbonyl (C=O) groups is 6. The van der Waals surface area contributed by atoms with Gasteiger partial charge in [-0.25, -0.2) is 9.48 Å². The van der Waals surface area contributed by atoms with E-state index in [9.17, 15) is 33.9 Å². The molecule has 2 aromatic rings. The maximum atomic E-state index is 13.5. The summed E-state index contributed by atoms with van der Waals surface area (Å²) in [7, 11) is 0. The lowest BCUT2D eigenvalue weighted by Crippen LogP contribution is -2.56. The molecule has 48 heavy (non-hydrogen) atoms. The van der Waals surface area contributed by atoms with Gasteiger partial charge in [0.1, 0.15) is 12.1 Å². The minimum atomic E-state index is -1.17. The van der Waals surface area contributed by atoms with Crippen LogP contribution in [0.4, 0.5) is 4.79 Å². The molecule has 2 atom stereocenters. The molecule has 0 spiro atoms. The molecule has 2 N–H and O–H groups in total. The smallest absolute Gasteiger partial charge is 0.409 e. The Labute approximate surface area is 277 Å². The van der Waals surface area contributed by atoms with Gasteiger partial charge >= 0.3 is 12.1 Å². The van der Waals surface area contributed by atoms with Gasteiger partial charge in [-0.3, -0.25) is 24.0 Å². The maximum absolute atomic E-state index is 13.5. The number of carboxylic acid groups (broad SMARTS) is 1. The third kappa shape index (κ3) is 8.04. The second-order valence-electron chi connectivity index (χ2n) is 11.8. The summed E-state index contributed by atoms with van der Waals surface area (Å²) in [5, 5.41) is 16.3. The van der Waals surface area contributed by atoms with Crippen LogP contribution in [0, 0.1) is 0 Å². The molecule has 16 heteroatoms. The molecule has 0 bridgehead atoms. The molecule has 4 heterocycles. The van der Waals surface area contributed by atoms with Crippen LogP contribution in [0.3, 0.4) is 0 Å². The highest BCUT2D eigenvalue weighted by molar-refractivity contribution is 5.96. The zero-order valence-corrected chi connectivity index (χ0v) is 26.9. The number of rotatable bonds is 12. The van der Waals surface area contributed by atoms with Crippen molar-refractivity contribution in [3.8, 4) is 11.6 Å². The largest absolute Gasteiger partial charge is 0.481 e.